The lowest BCUT2D eigenvalue weighted by Crippen LogP contribution is -2.11. The molecule has 3 heteroatoms. The molecule has 0 amide bonds. The van der Waals surface area contributed by atoms with Crippen LogP contribution < -0.4 is 5.32 Å². The molecule has 2 rings (SSSR count). The van der Waals surface area contributed by atoms with Crippen molar-refractivity contribution in [1.82, 2.24) is 4.98 Å². The number of aryl methyl sites for hydroxylation is 4. The summed E-state index contributed by atoms with van der Waals surface area (Å²) in [4.78, 5) is 4.43. The molecule has 20 heavy (non-hydrogen) atoms. The van der Waals surface area contributed by atoms with E-state index in [1.54, 1.807) is 0 Å². The van der Waals surface area contributed by atoms with E-state index >= 15 is 0 Å². The van der Waals surface area contributed by atoms with Crippen molar-refractivity contribution in [3.8, 4) is 0 Å². The van der Waals surface area contributed by atoms with Gasteiger partial charge in [0, 0.05) is 6.04 Å². The highest BCUT2D eigenvalue weighted by atomic mass is 79.9. The maximum absolute atomic E-state index is 4.43. The van der Waals surface area contributed by atoms with E-state index in [2.05, 4.69) is 72.1 Å². The minimum atomic E-state index is 0.261. The van der Waals surface area contributed by atoms with Crippen LogP contribution in [0.2, 0.25) is 0 Å². The molecule has 0 bridgehead atoms. The Morgan fingerprint density at radius 1 is 1.05 bits per heavy atom. The number of hydrogen-bond acceptors (Lipinski definition) is 2. The first kappa shape index (κ1) is 15.0. The molecule has 1 aromatic carbocycles. The van der Waals surface area contributed by atoms with Crippen molar-refractivity contribution in [2.75, 3.05) is 5.32 Å². The van der Waals surface area contributed by atoms with Crippen molar-refractivity contribution in [2.24, 2.45) is 0 Å². The molecular formula is C17H21BrN2. The van der Waals surface area contributed by atoms with Crippen molar-refractivity contribution in [3.05, 3.63) is 56.8 Å². The number of nitrogens with zero attached hydrogens (tertiary/aromatic N) is 1. The minimum Gasteiger partial charge on any atom is -0.377 e. The Morgan fingerprint density at radius 2 is 1.65 bits per heavy atom. The molecule has 1 aromatic heterocycles. The van der Waals surface area contributed by atoms with Gasteiger partial charge >= 0.3 is 0 Å². The molecule has 1 unspecified atom stereocenters. The second kappa shape index (κ2) is 5.96. The van der Waals surface area contributed by atoms with Gasteiger partial charge in [0.25, 0.3) is 0 Å². The van der Waals surface area contributed by atoms with Crippen LogP contribution in [0.25, 0.3) is 0 Å². The van der Waals surface area contributed by atoms with Crippen molar-refractivity contribution < 1.29 is 0 Å². The average Bonchev–Trinajstić information content (AvgIpc) is 2.31. The average molecular weight is 333 g/mol. The number of anilines is 1. The molecule has 0 aliphatic heterocycles. The summed E-state index contributed by atoms with van der Waals surface area (Å²) in [5.74, 6) is 0. The molecule has 0 aliphatic carbocycles. The Labute approximate surface area is 129 Å². The molecule has 0 aliphatic rings. The highest BCUT2D eigenvalue weighted by molar-refractivity contribution is 9.10. The molecule has 1 N–H and O–H groups in total. The van der Waals surface area contributed by atoms with Gasteiger partial charge in [0.2, 0.25) is 0 Å². The summed E-state index contributed by atoms with van der Waals surface area (Å²) in [7, 11) is 0. The summed E-state index contributed by atoms with van der Waals surface area (Å²) in [5.41, 5.74) is 7.46. The van der Waals surface area contributed by atoms with Crippen LogP contribution >= 0.6 is 15.9 Å². The molecule has 0 spiro atoms. The Kier molecular flexibility index (Phi) is 4.48. The number of benzene rings is 1. The molecule has 0 radical (unpaired) electrons. The fourth-order valence-corrected chi connectivity index (χ4v) is 3.26. The van der Waals surface area contributed by atoms with E-state index in [-0.39, 0.29) is 6.04 Å². The van der Waals surface area contributed by atoms with E-state index < -0.39 is 0 Å². The van der Waals surface area contributed by atoms with E-state index in [0.717, 1.165) is 16.0 Å². The van der Waals surface area contributed by atoms with Crippen LogP contribution in [0.15, 0.2) is 28.9 Å². The zero-order valence-corrected chi connectivity index (χ0v) is 14.3. The number of rotatable bonds is 3. The van der Waals surface area contributed by atoms with Gasteiger partial charge in [-0.25, -0.2) is 4.98 Å². The van der Waals surface area contributed by atoms with Crippen LogP contribution in [-0.2, 0) is 0 Å². The number of nitrogens with one attached hydrogen (secondary N) is 1. The lowest BCUT2D eigenvalue weighted by atomic mass is 9.94. The third kappa shape index (κ3) is 3.21. The highest BCUT2D eigenvalue weighted by Crippen LogP contribution is 2.27. The SMILES string of the molecule is Cc1cc(C)c(C(C)Nc2ccc(Br)nc2C)c(C)c1. The largest absolute Gasteiger partial charge is 0.377 e. The number of hydrogen-bond donors (Lipinski definition) is 1. The van der Waals surface area contributed by atoms with Crippen LogP contribution in [0.3, 0.4) is 0 Å². The molecule has 0 fully saturated rings. The van der Waals surface area contributed by atoms with Crippen LogP contribution in [-0.4, -0.2) is 4.98 Å². The van der Waals surface area contributed by atoms with Gasteiger partial charge in [-0.1, -0.05) is 17.7 Å². The van der Waals surface area contributed by atoms with Crippen molar-refractivity contribution in [2.45, 2.75) is 40.7 Å². The lowest BCUT2D eigenvalue weighted by Gasteiger charge is -2.21. The number of aromatic nitrogens is 1. The topological polar surface area (TPSA) is 24.9 Å². The maximum atomic E-state index is 4.43. The van der Waals surface area contributed by atoms with E-state index in [0.29, 0.717) is 0 Å². The van der Waals surface area contributed by atoms with E-state index in [1.807, 2.05) is 13.0 Å². The Hall–Kier alpha value is -1.35. The van der Waals surface area contributed by atoms with Crippen LogP contribution in [0.4, 0.5) is 5.69 Å². The third-order valence-corrected chi connectivity index (χ3v) is 4.04. The van der Waals surface area contributed by atoms with Gasteiger partial charge < -0.3 is 5.32 Å². The first-order chi connectivity index (χ1) is 9.38. The van der Waals surface area contributed by atoms with Gasteiger partial charge in [-0.2, -0.15) is 0 Å². The predicted octanol–water partition coefficient (Wildman–Crippen LogP) is 5.25. The molecule has 0 saturated heterocycles. The quantitative estimate of drug-likeness (QED) is 0.776. The van der Waals surface area contributed by atoms with Gasteiger partial charge in [-0.15, -0.1) is 0 Å². The Morgan fingerprint density at radius 3 is 2.20 bits per heavy atom. The van der Waals surface area contributed by atoms with Crippen LogP contribution in [0.1, 0.15) is 40.9 Å². The van der Waals surface area contributed by atoms with Crippen molar-refractivity contribution in [1.29, 1.82) is 0 Å². The van der Waals surface area contributed by atoms with E-state index in [9.17, 15) is 0 Å². The van der Waals surface area contributed by atoms with Crippen molar-refractivity contribution in [3.63, 3.8) is 0 Å². The molecule has 2 nitrogen and oxygen atoms in total. The van der Waals surface area contributed by atoms with Gasteiger partial charge in [0.05, 0.1) is 11.4 Å². The lowest BCUT2D eigenvalue weighted by molar-refractivity contribution is 0.857. The zero-order valence-electron chi connectivity index (χ0n) is 12.7. The van der Waals surface area contributed by atoms with Crippen LogP contribution in [0, 0.1) is 27.7 Å². The van der Waals surface area contributed by atoms with Gasteiger partial charge in [-0.05, 0) is 79.4 Å². The first-order valence-electron chi connectivity index (χ1n) is 6.86. The highest BCUT2D eigenvalue weighted by Gasteiger charge is 2.13. The fraction of sp³-hybridized carbons (Fsp3) is 0.353. The zero-order chi connectivity index (χ0) is 14.9. The van der Waals surface area contributed by atoms with Crippen molar-refractivity contribution >= 4 is 21.6 Å². The molecular weight excluding hydrogens is 312 g/mol. The molecule has 1 heterocycles. The van der Waals surface area contributed by atoms with E-state index in [4.69, 9.17) is 0 Å². The summed E-state index contributed by atoms with van der Waals surface area (Å²) >= 11 is 3.40. The minimum absolute atomic E-state index is 0.261. The molecule has 1 atom stereocenters. The first-order valence-corrected chi connectivity index (χ1v) is 7.65. The summed E-state index contributed by atoms with van der Waals surface area (Å²) < 4.78 is 0.871. The fourth-order valence-electron chi connectivity index (χ4n) is 2.86. The van der Waals surface area contributed by atoms with Gasteiger partial charge in [0.15, 0.2) is 0 Å². The van der Waals surface area contributed by atoms with Gasteiger partial charge in [0.1, 0.15) is 4.60 Å². The van der Waals surface area contributed by atoms with E-state index in [1.165, 1.54) is 22.3 Å². The second-order valence-corrected chi connectivity index (χ2v) is 6.26. The number of halogens is 1. The summed E-state index contributed by atoms with van der Waals surface area (Å²) in [6.07, 6.45) is 0. The van der Waals surface area contributed by atoms with Gasteiger partial charge in [-0.3, -0.25) is 0 Å². The second-order valence-electron chi connectivity index (χ2n) is 5.45. The summed E-state index contributed by atoms with van der Waals surface area (Å²) in [5, 5.41) is 3.57. The monoisotopic (exact) mass is 332 g/mol. The Balaban J connectivity index is 2.31. The Bertz CT molecular complexity index is 612. The smallest absolute Gasteiger partial charge is 0.106 e. The molecule has 2 aromatic rings. The standard InChI is InChI=1S/C17H21BrN2/c1-10-8-11(2)17(12(3)9-10)14(5)19-15-6-7-16(18)20-13(15)4/h6-9,14,19H,1-5H3. The third-order valence-electron chi connectivity index (χ3n) is 3.59. The molecule has 0 saturated carbocycles. The maximum Gasteiger partial charge on any atom is 0.106 e. The molecule has 106 valence electrons. The predicted molar refractivity (Wildman–Crippen MR) is 89.4 cm³/mol. The number of pyridine rings is 1. The summed E-state index contributed by atoms with van der Waals surface area (Å²) in [6.45, 7) is 10.7. The van der Waals surface area contributed by atoms with Crippen LogP contribution in [0.5, 0.6) is 0 Å². The summed E-state index contributed by atoms with van der Waals surface area (Å²) in [6, 6.07) is 8.79. The normalized spacial score (nSPS) is 12.3.